The maximum Gasteiger partial charge on any atom is 0.0777 e. The zero-order chi connectivity index (χ0) is 10.6. The first kappa shape index (κ1) is 11.2. The van der Waals surface area contributed by atoms with Gasteiger partial charge in [-0.3, -0.25) is 16.0 Å². The van der Waals surface area contributed by atoms with Gasteiger partial charge in [-0.1, -0.05) is 6.92 Å². The van der Waals surface area contributed by atoms with Crippen LogP contribution in [0, 0.1) is 0 Å². The van der Waals surface area contributed by atoms with Crippen LogP contribution in [0.3, 0.4) is 0 Å². The van der Waals surface area contributed by atoms with E-state index in [-0.39, 0.29) is 12.1 Å². The van der Waals surface area contributed by atoms with Crippen LogP contribution in [0.2, 0.25) is 0 Å². The maximum atomic E-state index is 5.50. The number of aryl methyl sites for hydroxylation is 1. The Morgan fingerprint density at radius 2 is 2.43 bits per heavy atom. The van der Waals surface area contributed by atoms with Gasteiger partial charge in [-0.2, -0.15) is 5.10 Å². The van der Waals surface area contributed by atoms with E-state index in [0.717, 1.165) is 12.0 Å². The van der Waals surface area contributed by atoms with E-state index >= 15 is 0 Å². The summed E-state index contributed by atoms with van der Waals surface area (Å²) in [5.41, 5.74) is 3.80. The molecule has 0 amide bonds. The normalized spacial score (nSPS) is 15.4. The second-order valence-corrected chi connectivity index (χ2v) is 3.27. The molecule has 0 saturated heterocycles. The molecule has 5 nitrogen and oxygen atoms in total. The van der Waals surface area contributed by atoms with Crippen molar-refractivity contribution >= 4 is 0 Å². The van der Waals surface area contributed by atoms with Crippen molar-refractivity contribution in [1.82, 2.24) is 15.2 Å². The van der Waals surface area contributed by atoms with Crippen molar-refractivity contribution in [3.63, 3.8) is 0 Å². The molecule has 0 saturated carbocycles. The van der Waals surface area contributed by atoms with Gasteiger partial charge < -0.3 is 4.74 Å². The summed E-state index contributed by atoms with van der Waals surface area (Å²) in [6, 6.07) is -0.00120. The molecule has 1 heterocycles. The number of nitrogens with two attached hydrogens (primary N) is 1. The van der Waals surface area contributed by atoms with Gasteiger partial charge in [0.25, 0.3) is 0 Å². The van der Waals surface area contributed by atoms with Crippen LogP contribution in [0.4, 0.5) is 0 Å². The fraction of sp³-hybridized carbons (Fsp3) is 0.667. The van der Waals surface area contributed by atoms with Crippen LogP contribution < -0.4 is 11.3 Å². The molecule has 5 heteroatoms. The summed E-state index contributed by atoms with van der Waals surface area (Å²) in [5, 5.41) is 4.10. The largest absolute Gasteiger partial charge is 0.379 e. The molecule has 0 radical (unpaired) electrons. The van der Waals surface area contributed by atoms with E-state index in [1.54, 1.807) is 18.0 Å². The molecule has 0 aliphatic carbocycles. The second kappa shape index (κ2) is 5.09. The highest BCUT2D eigenvalue weighted by Crippen LogP contribution is 2.19. The standard InChI is InChI=1S/C9H18N4O/c1-4-8(14-3)9(12-10)7-5-11-13(2)6-7/h5-6,8-9,12H,4,10H2,1-3H3. The zero-order valence-corrected chi connectivity index (χ0v) is 8.90. The lowest BCUT2D eigenvalue weighted by Gasteiger charge is -2.23. The highest BCUT2D eigenvalue weighted by molar-refractivity contribution is 5.11. The molecule has 80 valence electrons. The molecule has 3 N–H and O–H groups in total. The van der Waals surface area contributed by atoms with E-state index in [4.69, 9.17) is 10.6 Å². The molecule has 1 aromatic rings. The third-order valence-electron chi connectivity index (χ3n) is 2.34. The summed E-state index contributed by atoms with van der Waals surface area (Å²) in [7, 11) is 3.57. The van der Waals surface area contributed by atoms with Gasteiger partial charge in [-0.15, -0.1) is 0 Å². The minimum atomic E-state index is -0.00120. The molecular weight excluding hydrogens is 180 g/mol. The Hall–Kier alpha value is -0.910. The molecule has 2 unspecified atom stereocenters. The third-order valence-corrected chi connectivity index (χ3v) is 2.34. The number of methoxy groups -OCH3 is 1. The first-order valence-corrected chi connectivity index (χ1v) is 4.70. The fourth-order valence-corrected chi connectivity index (χ4v) is 1.56. The molecule has 0 aliphatic heterocycles. The van der Waals surface area contributed by atoms with Crippen LogP contribution in [0.1, 0.15) is 24.9 Å². The van der Waals surface area contributed by atoms with Crippen molar-refractivity contribution < 1.29 is 4.74 Å². The van der Waals surface area contributed by atoms with Crippen LogP contribution in [0.5, 0.6) is 0 Å². The predicted octanol–water partition coefficient (Wildman–Crippen LogP) is 0.350. The van der Waals surface area contributed by atoms with Crippen molar-refractivity contribution in [3.8, 4) is 0 Å². The number of rotatable bonds is 5. The maximum absolute atomic E-state index is 5.50. The van der Waals surface area contributed by atoms with Gasteiger partial charge in [0.1, 0.15) is 0 Å². The monoisotopic (exact) mass is 198 g/mol. The average Bonchev–Trinajstić information content (AvgIpc) is 2.60. The molecule has 0 spiro atoms. The quantitative estimate of drug-likeness (QED) is 0.529. The SMILES string of the molecule is CCC(OC)C(NN)c1cnn(C)c1. The van der Waals surface area contributed by atoms with E-state index in [1.165, 1.54) is 0 Å². The number of aromatic nitrogens is 2. The molecular formula is C9H18N4O. The predicted molar refractivity (Wildman–Crippen MR) is 54.4 cm³/mol. The van der Waals surface area contributed by atoms with E-state index < -0.39 is 0 Å². The van der Waals surface area contributed by atoms with Gasteiger partial charge in [0.05, 0.1) is 18.3 Å². The third kappa shape index (κ3) is 2.31. The number of hydrazine groups is 1. The molecule has 0 aliphatic rings. The number of nitrogens with zero attached hydrogens (tertiary/aromatic N) is 2. The summed E-state index contributed by atoms with van der Waals surface area (Å²) in [6.45, 7) is 2.06. The highest BCUT2D eigenvalue weighted by Gasteiger charge is 2.21. The van der Waals surface area contributed by atoms with Crippen LogP contribution in [0.25, 0.3) is 0 Å². The second-order valence-electron chi connectivity index (χ2n) is 3.27. The molecule has 1 aromatic heterocycles. The minimum absolute atomic E-state index is 0.00120. The lowest BCUT2D eigenvalue weighted by atomic mass is 10.0. The van der Waals surface area contributed by atoms with Gasteiger partial charge in [0, 0.05) is 25.9 Å². The lowest BCUT2D eigenvalue weighted by molar-refractivity contribution is 0.0651. The molecule has 0 bridgehead atoms. The summed E-state index contributed by atoms with van der Waals surface area (Å²) in [4.78, 5) is 0. The fourth-order valence-electron chi connectivity index (χ4n) is 1.56. The molecule has 0 aromatic carbocycles. The van der Waals surface area contributed by atoms with Gasteiger partial charge >= 0.3 is 0 Å². The van der Waals surface area contributed by atoms with Gasteiger partial charge in [-0.25, -0.2) is 0 Å². The summed E-state index contributed by atoms with van der Waals surface area (Å²) >= 11 is 0. The topological polar surface area (TPSA) is 65.1 Å². The number of nitrogens with one attached hydrogen (secondary N) is 1. The van der Waals surface area contributed by atoms with Crippen LogP contribution in [-0.2, 0) is 11.8 Å². The first-order chi connectivity index (χ1) is 6.72. The summed E-state index contributed by atoms with van der Waals surface area (Å²) in [6.07, 6.45) is 4.71. The summed E-state index contributed by atoms with van der Waals surface area (Å²) in [5.74, 6) is 5.50. The van der Waals surface area contributed by atoms with Crippen LogP contribution in [0.15, 0.2) is 12.4 Å². The van der Waals surface area contributed by atoms with E-state index in [1.807, 2.05) is 13.2 Å². The molecule has 1 rings (SSSR count). The van der Waals surface area contributed by atoms with Gasteiger partial charge in [-0.05, 0) is 6.42 Å². The minimum Gasteiger partial charge on any atom is -0.379 e. The number of hydrogen-bond acceptors (Lipinski definition) is 4. The number of ether oxygens (including phenoxy) is 1. The zero-order valence-electron chi connectivity index (χ0n) is 8.90. The number of hydrogen-bond donors (Lipinski definition) is 2. The van der Waals surface area contributed by atoms with Crippen LogP contribution in [-0.4, -0.2) is 23.0 Å². The van der Waals surface area contributed by atoms with E-state index in [2.05, 4.69) is 17.4 Å². The average molecular weight is 198 g/mol. The Balaban J connectivity index is 2.80. The van der Waals surface area contributed by atoms with Gasteiger partial charge in [0.15, 0.2) is 0 Å². The van der Waals surface area contributed by atoms with Gasteiger partial charge in [0.2, 0.25) is 0 Å². The van der Waals surface area contributed by atoms with Crippen molar-refractivity contribution in [2.45, 2.75) is 25.5 Å². The first-order valence-electron chi connectivity index (χ1n) is 4.70. The van der Waals surface area contributed by atoms with E-state index in [0.29, 0.717) is 0 Å². The van der Waals surface area contributed by atoms with Crippen molar-refractivity contribution in [1.29, 1.82) is 0 Å². The highest BCUT2D eigenvalue weighted by atomic mass is 16.5. The van der Waals surface area contributed by atoms with Crippen molar-refractivity contribution in [3.05, 3.63) is 18.0 Å². The molecule has 2 atom stereocenters. The smallest absolute Gasteiger partial charge is 0.0777 e. The Labute approximate surface area is 84.2 Å². The Morgan fingerprint density at radius 3 is 2.79 bits per heavy atom. The Kier molecular flexibility index (Phi) is 4.06. The Morgan fingerprint density at radius 1 is 1.71 bits per heavy atom. The summed E-state index contributed by atoms with van der Waals surface area (Å²) < 4.78 is 7.09. The van der Waals surface area contributed by atoms with Crippen LogP contribution >= 0.6 is 0 Å². The molecule has 14 heavy (non-hydrogen) atoms. The van der Waals surface area contributed by atoms with Crippen molar-refractivity contribution in [2.24, 2.45) is 12.9 Å². The molecule has 0 fully saturated rings. The van der Waals surface area contributed by atoms with Crippen molar-refractivity contribution in [2.75, 3.05) is 7.11 Å². The van der Waals surface area contributed by atoms with E-state index in [9.17, 15) is 0 Å². The Bertz CT molecular complexity index is 270. The lowest BCUT2D eigenvalue weighted by Crippen LogP contribution is -2.37.